The summed E-state index contributed by atoms with van der Waals surface area (Å²) in [5.74, 6) is -1.32. The highest BCUT2D eigenvalue weighted by Gasteiger charge is 2.33. The minimum absolute atomic E-state index is 0.0112. The summed E-state index contributed by atoms with van der Waals surface area (Å²) in [4.78, 5) is 58.3. The van der Waals surface area contributed by atoms with Crippen molar-refractivity contribution >= 4 is 34.6 Å². The lowest BCUT2D eigenvalue weighted by atomic mass is 9.91. The number of carbonyl (C=O) groups excluding carboxylic acids is 4. The van der Waals surface area contributed by atoms with Crippen molar-refractivity contribution < 1.29 is 29.0 Å². The monoisotopic (exact) mass is 723 g/mol. The van der Waals surface area contributed by atoms with Crippen LogP contribution in [0.3, 0.4) is 0 Å². The molecule has 6 atom stereocenters. The van der Waals surface area contributed by atoms with E-state index < -0.39 is 42.1 Å². The lowest BCUT2D eigenvalue weighted by molar-refractivity contribution is -0.131. The SMILES string of the molecule is CCC(C)CNC(=O)C[C@H](O)[C@@H](NC(=O)C(Cc1ccncc1)NC(=O)[C@H](Cc1cccc2ccccc12)NC(=O)OCc1ccccc1)C(C)CC. The van der Waals surface area contributed by atoms with Crippen LogP contribution in [0.15, 0.2) is 97.3 Å². The Labute approximate surface area is 312 Å². The third-order valence-electron chi connectivity index (χ3n) is 9.67. The summed E-state index contributed by atoms with van der Waals surface area (Å²) in [6, 6.07) is 23.3. The van der Waals surface area contributed by atoms with Gasteiger partial charge in [-0.2, -0.15) is 0 Å². The van der Waals surface area contributed by atoms with E-state index in [1.165, 1.54) is 0 Å². The van der Waals surface area contributed by atoms with Gasteiger partial charge in [-0.1, -0.05) is 113 Å². The van der Waals surface area contributed by atoms with E-state index in [0.29, 0.717) is 18.9 Å². The lowest BCUT2D eigenvalue weighted by Crippen LogP contribution is -2.58. The van der Waals surface area contributed by atoms with Gasteiger partial charge in [0.1, 0.15) is 18.7 Å². The van der Waals surface area contributed by atoms with Gasteiger partial charge in [0.15, 0.2) is 0 Å². The molecule has 1 aromatic heterocycles. The molecule has 0 aliphatic heterocycles. The molecule has 5 N–H and O–H groups in total. The standard InChI is InChI=1S/C42H53N5O6/c1-5-28(3)26-44-38(49)25-37(48)39(29(4)6-2)47-41(51)35(23-30-19-21-43-22-20-30)45-40(50)36(46-42(52)53-27-31-13-8-7-9-14-31)24-33-17-12-16-32-15-10-11-18-34(32)33/h7-22,28-29,35-37,39,48H,5-6,23-27H2,1-4H3,(H,44,49)(H,45,50)(H,46,52)(H,47,51)/t28?,29?,35?,36-,37-,39-/m0/s1. The molecule has 11 heteroatoms. The van der Waals surface area contributed by atoms with E-state index in [4.69, 9.17) is 4.74 Å². The van der Waals surface area contributed by atoms with Gasteiger partial charge >= 0.3 is 6.09 Å². The van der Waals surface area contributed by atoms with Crippen molar-refractivity contribution in [3.05, 3.63) is 114 Å². The van der Waals surface area contributed by atoms with Crippen LogP contribution in [0.25, 0.3) is 10.8 Å². The fourth-order valence-corrected chi connectivity index (χ4v) is 6.00. The number of carbonyl (C=O) groups is 4. The summed E-state index contributed by atoms with van der Waals surface area (Å²) in [5, 5.41) is 24.6. The Bertz CT molecular complexity index is 1770. The Kier molecular flexibility index (Phi) is 15.8. The molecule has 11 nitrogen and oxygen atoms in total. The van der Waals surface area contributed by atoms with E-state index in [0.717, 1.165) is 33.9 Å². The fraction of sp³-hybridized carbons (Fsp3) is 0.405. The average molecular weight is 724 g/mol. The average Bonchev–Trinajstić information content (AvgIpc) is 3.18. The molecule has 53 heavy (non-hydrogen) atoms. The zero-order chi connectivity index (χ0) is 38.2. The predicted molar refractivity (Wildman–Crippen MR) is 206 cm³/mol. The van der Waals surface area contributed by atoms with Crippen molar-refractivity contribution in [3.8, 4) is 0 Å². The first kappa shape index (κ1) is 40.5. The molecular formula is C42H53N5O6. The molecule has 0 aliphatic rings. The van der Waals surface area contributed by atoms with Crippen LogP contribution < -0.4 is 21.3 Å². The number of nitrogens with zero attached hydrogens (tertiary/aromatic N) is 1. The number of aliphatic hydroxyl groups is 1. The number of pyridine rings is 1. The number of hydrogen-bond donors (Lipinski definition) is 5. The molecule has 282 valence electrons. The van der Waals surface area contributed by atoms with Crippen molar-refractivity contribution in [1.29, 1.82) is 0 Å². The van der Waals surface area contributed by atoms with E-state index in [9.17, 15) is 24.3 Å². The van der Waals surface area contributed by atoms with E-state index >= 15 is 0 Å². The van der Waals surface area contributed by atoms with Crippen molar-refractivity contribution in [3.63, 3.8) is 0 Å². The third kappa shape index (κ3) is 12.7. The van der Waals surface area contributed by atoms with Crippen molar-refractivity contribution in [2.75, 3.05) is 6.54 Å². The normalized spacial score (nSPS) is 14.5. The van der Waals surface area contributed by atoms with Gasteiger partial charge in [0.05, 0.1) is 18.6 Å². The summed E-state index contributed by atoms with van der Waals surface area (Å²) in [6.07, 6.45) is 2.84. The van der Waals surface area contributed by atoms with Crippen molar-refractivity contribution in [2.45, 2.75) is 90.6 Å². The van der Waals surface area contributed by atoms with Gasteiger partial charge in [-0.15, -0.1) is 0 Å². The quantitative estimate of drug-likeness (QED) is 0.0885. The zero-order valence-electron chi connectivity index (χ0n) is 31.1. The highest BCUT2D eigenvalue weighted by Crippen LogP contribution is 2.21. The van der Waals surface area contributed by atoms with Gasteiger partial charge in [-0.05, 0) is 51.4 Å². The van der Waals surface area contributed by atoms with E-state index in [1.807, 2.05) is 100 Å². The smallest absolute Gasteiger partial charge is 0.408 e. The molecule has 0 spiro atoms. The summed E-state index contributed by atoms with van der Waals surface area (Å²) < 4.78 is 5.49. The van der Waals surface area contributed by atoms with Gasteiger partial charge in [0.2, 0.25) is 17.7 Å². The molecule has 4 aromatic rings. The molecule has 3 unspecified atom stereocenters. The molecule has 1 heterocycles. The van der Waals surface area contributed by atoms with Crippen LogP contribution >= 0.6 is 0 Å². The molecule has 3 aromatic carbocycles. The van der Waals surface area contributed by atoms with Crippen LogP contribution in [0.5, 0.6) is 0 Å². The molecule has 4 amide bonds. The number of nitrogens with one attached hydrogen (secondary N) is 4. The molecular weight excluding hydrogens is 670 g/mol. The maximum atomic E-state index is 14.2. The van der Waals surface area contributed by atoms with Crippen LogP contribution in [0.2, 0.25) is 0 Å². The van der Waals surface area contributed by atoms with E-state index in [1.54, 1.807) is 24.5 Å². The van der Waals surface area contributed by atoms with Gasteiger partial charge in [0.25, 0.3) is 0 Å². The zero-order valence-corrected chi connectivity index (χ0v) is 31.1. The highest BCUT2D eigenvalue weighted by atomic mass is 16.5. The van der Waals surface area contributed by atoms with Crippen LogP contribution in [0, 0.1) is 11.8 Å². The number of alkyl carbamates (subject to hydrolysis) is 1. The Morgan fingerprint density at radius 3 is 2.11 bits per heavy atom. The Hall–Kier alpha value is -5.29. The van der Waals surface area contributed by atoms with Gasteiger partial charge < -0.3 is 31.1 Å². The number of hydrogen-bond acceptors (Lipinski definition) is 7. The number of aromatic nitrogens is 1. The number of benzene rings is 3. The number of fused-ring (bicyclic) bond motifs is 1. The van der Waals surface area contributed by atoms with Gasteiger partial charge in [-0.3, -0.25) is 19.4 Å². The Morgan fingerprint density at radius 1 is 0.736 bits per heavy atom. The first-order chi connectivity index (χ1) is 25.6. The second-order valence-corrected chi connectivity index (χ2v) is 13.7. The number of amides is 4. The molecule has 0 saturated carbocycles. The molecule has 0 bridgehead atoms. The Morgan fingerprint density at radius 2 is 1.40 bits per heavy atom. The highest BCUT2D eigenvalue weighted by molar-refractivity contribution is 5.93. The lowest BCUT2D eigenvalue weighted by Gasteiger charge is -2.31. The molecule has 0 saturated heterocycles. The number of rotatable bonds is 19. The summed E-state index contributed by atoms with van der Waals surface area (Å²) in [7, 11) is 0. The maximum absolute atomic E-state index is 14.2. The van der Waals surface area contributed by atoms with Crippen molar-refractivity contribution in [2.24, 2.45) is 11.8 Å². The van der Waals surface area contributed by atoms with Gasteiger partial charge in [0, 0.05) is 31.8 Å². The minimum Gasteiger partial charge on any atom is -0.445 e. The van der Waals surface area contributed by atoms with Crippen molar-refractivity contribution in [1.82, 2.24) is 26.3 Å². The van der Waals surface area contributed by atoms with Crippen LogP contribution in [0.1, 0.15) is 63.6 Å². The number of ether oxygens (including phenoxy) is 1. The Balaban J connectivity index is 1.57. The van der Waals surface area contributed by atoms with Gasteiger partial charge in [-0.25, -0.2) is 4.79 Å². The second kappa shape index (κ2) is 20.7. The molecule has 0 fully saturated rings. The predicted octanol–water partition coefficient (Wildman–Crippen LogP) is 5.24. The first-order valence-corrected chi connectivity index (χ1v) is 18.5. The number of aliphatic hydroxyl groups excluding tert-OH is 1. The topological polar surface area (TPSA) is 159 Å². The summed E-state index contributed by atoms with van der Waals surface area (Å²) in [6.45, 7) is 8.42. The van der Waals surface area contributed by atoms with Crippen LogP contribution in [-0.2, 0) is 38.6 Å². The molecule has 0 aliphatic carbocycles. The minimum atomic E-state index is -1.16. The van der Waals surface area contributed by atoms with E-state index in [2.05, 4.69) is 26.3 Å². The molecule has 4 rings (SSSR count). The summed E-state index contributed by atoms with van der Waals surface area (Å²) >= 11 is 0. The van der Waals surface area contributed by atoms with Crippen LogP contribution in [0.4, 0.5) is 4.79 Å². The van der Waals surface area contributed by atoms with Crippen LogP contribution in [-0.4, -0.2) is 64.7 Å². The third-order valence-corrected chi connectivity index (χ3v) is 9.67. The largest absolute Gasteiger partial charge is 0.445 e. The fourth-order valence-electron chi connectivity index (χ4n) is 6.00. The molecule has 0 radical (unpaired) electrons. The first-order valence-electron chi connectivity index (χ1n) is 18.5. The summed E-state index contributed by atoms with van der Waals surface area (Å²) in [5.41, 5.74) is 2.36. The van der Waals surface area contributed by atoms with E-state index in [-0.39, 0.29) is 37.7 Å². The maximum Gasteiger partial charge on any atom is 0.408 e. The second-order valence-electron chi connectivity index (χ2n) is 13.7.